The molecular weight excluding hydrogens is 326 g/mol. The van der Waals surface area contributed by atoms with Crippen molar-refractivity contribution < 1.29 is 13.3 Å². The van der Waals surface area contributed by atoms with Crippen LogP contribution in [0.5, 0.6) is 0 Å². The molecule has 0 aliphatic heterocycles. The standard InChI is InChI=1S/C10H14ClN3O4S2/c1-13(8(5-12)6-2-3-6)20(17,18)9-4-7(14(15)16)10(11)19-9/h4,6,8H,2-3,5,12H2,1H3. The van der Waals surface area contributed by atoms with E-state index in [1.807, 2.05) is 0 Å². The van der Waals surface area contributed by atoms with Crippen LogP contribution in [0.25, 0.3) is 0 Å². The van der Waals surface area contributed by atoms with Crippen LogP contribution in [0.4, 0.5) is 5.69 Å². The fourth-order valence-corrected chi connectivity index (χ4v) is 5.31. The van der Waals surface area contributed by atoms with Crippen LogP contribution in [-0.4, -0.2) is 37.3 Å². The second kappa shape index (κ2) is 5.57. The predicted octanol–water partition coefficient (Wildman–Crippen LogP) is 1.67. The highest BCUT2D eigenvalue weighted by Crippen LogP contribution is 2.40. The molecule has 0 spiro atoms. The number of halogens is 1. The summed E-state index contributed by atoms with van der Waals surface area (Å²) in [6.45, 7) is 0.224. The predicted molar refractivity (Wildman–Crippen MR) is 76.5 cm³/mol. The lowest BCUT2D eigenvalue weighted by Gasteiger charge is -2.25. The van der Waals surface area contributed by atoms with E-state index >= 15 is 0 Å². The number of nitro groups is 1. The highest BCUT2D eigenvalue weighted by atomic mass is 35.5. The van der Waals surface area contributed by atoms with Gasteiger partial charge in [0.1, 0.15) is 4.21 Å². The number of sulfonamides is 1. The van der Waals surface area contributed by atoms with E-state index in [0.29, 0.717) is 11.3 Å². The second-order valence-corrected chi connectivity index (χ2v) is 8.52. The SMILES string of the molecule is CN(C(CN)C1CC1)S(=O)(=O)c1cc([N+](=O)[O-])c(Cl)s1. The van der Waals surface area contributed by atoms with Crippen molar-refractivity contribution in [2.75, 3.05) is 13.6 Å². The molecular formula is C10H14ClN3O4S2. The normalized spacial score (nSPS) is 17.4. The molecule has 2 rings (SSSR count). The summed E-state index contributed by atoms with van der Waals surface area (Å²) in [5.41, 5.74) is 5.25. The van der Waals surface area contributed by atoms with Crippen molar-refractivity contribution in [2.24, 2.45) is 11.7 Å². The van der Waals surface area contributed by atoms with Gasteiger partial charge in [-0.1, -0.05) is 11.6 Å². The molecule has 1 heterocycles. The van der Waals surface area contributed by atoms with Gasteiger partial charge in [-0.15, -0.1) is 11.3 Å². The van der Waals surface area contributed by atoms with Gasteiger partial charge in [0, 0.05) is 25.7 Å². The van der Waals surface area contributed by atoms with Crippen LogP contribution in [0.1, 0.15) is 12.8 Å². The lowest BCUT2D eigenvalue weighted by atomic mass is 10.2. The van der Waals surface area contributed by atoms with Gasteiger partial charge in [0.05, 0.1) is 4.92 Å². The first kappa shape index (κ1) is 15.6. The van der Waals surface area contributed by atoms with Crippen LogP contribution in [0.15, 0.2) is 10.3 Å². The lowest BCUT2D eigenvalue weighted by Crippen LogP contribution is -2.42. The van der Waals surface area contributed by atoms with E-state index in [-0.39, 0.29) is 32.7 Å². The molecule has 0 bridgehead atoms. The minimum atomic E-state index is -3.81. The Bertz CT molecular complexity index is 626. The minimum Gasteiger partial charge on any atom is -0.329 e. The van der Waals surface area contributed by atoms with E-state index in [9.17, 15) is 18.5 Å². The fraction of sp³-hybridized carbons (Fsp3) is 0.600. The molecule has 1 aromatic heterocycles. The third-order valence-corrected chi connectivity index (χ3v) is 7.02. The molecule has 0 amide bonds. The van der Waals surface area contributed by atoms with E-state index < -0.39 is 14.9 Å². The molecule has 0 radical (unpaired) electrons. The van der Waals surface area contributed by atoms with E-state index in [1.54, 1.807) is 0 Å². The number of hydrogen-bond donors (Lipinski definition) is 1. The van der Waals surface area contributed by atoms with Crippen molar-refractivity contribution in [3.8, 4) is 0 Å². The molecule has 20 heavy (non-hydrogen) atoms. The Morgan fingerprint density at radius 3 is 2.65 bits per heavy atom. The third kappa shape index (κ3) is 2.82. The molecule has 1 unspecified atom stereocenters. The summed E-state index contributed by atoms with van der Waals surface area (Å²) in [5, 5.41) is 10.7. The number of hydrogen-bond acceptors (Lipinski definition) is 6. The van der Waals surface area contributed by atoms with Crippen LogP contribution in [0, 0.1) is 16.0 Å². The first-order chi connectivity index (χ1) is 9.28. The van der Waals surface area contributed by atoms with Gasteiger partial charge in [0.25, 0.3) is 15.7 Å². The van der Waals surface area contributed by atoms with Crippen LogP contribution < -0.4 is 5.73 Å². The smallest absolute Gasteiger partial charge is 0.300 e. The van der Waals surface area contributed by atoms with Gasteiger partial charge in [-0.25, -0.2) is 8.42 Å². The second-order valence-electron chi connectivity index (χ2n) is 4.64. The van der Waals surface area contributed by atoms with Crippen molar-refractivity contribution in [2.45, 2.75) is 23.1 Å². The summed E-state index contributed by atoms with van der Waals surface area (Å²) in [6, 6.07) is 0.721. The number of thiophene rings is 1. The Labute approximate surface area is 125 Å². The van der Waals surface area contributed by atoms with Crippen molar-refractivity contribution in [3.05, 3.63) is 20.5 Å². The topological polar surface area (TPSA) is 107 Å². The van der Waals surface area contributed by atoms with Crippen LogP contribution in [-0.2, 0) is 10.0 Å². The van der Waals surface area contributed by atoms with Gasteiger partial charge in [0.2, 0.25) is 0 Å². The van der Waals surface area contributed by atoms with Crippen molar-refractivity contribution in [3.63, 3.8) is 0 Å². The van der Waals surface area contributed by atoms with Gasteiger partial charge >= 0.3 is 0 Å². The molecule has 0 saturated heterocycles. The molecule has 1 aliphatic rings. The first-order valence-corrected chi connectivity index (χ1v) is 8.54. The summed E-state index contributed by atoms with van der Waals surface area (Å²) in [5.74, 6) is 0.269. The Hall–Kier alpha value is -0.740. The zero-order valence-electron chi connectivity index (χ0n) is 10.7. The van der Waals surface area contributed by atoms with E-state index in [0.717, 1.165) is 18.9 Å². The Morgan fingerprint density at radius 2 is 2.25 bits per heavy atom. The Kier molecular flexibility index (Phi) is 4.35. The fourth-order valence-electron chi connectivity index (χ4n) is 2.03. The maximum atomic E-state index is 12.5. The summed E-state index contributed by atoms with van der Waals surface area (Å²) in [6.07, 6.45) is 1.90. The quantitative estimate of drug-likeness (QED) is 0.626. The average Bonchev–Trinajstić information content (AvgIpc) is 3.11. The van der Waals surface area contributed by atoms with Gasteiger partial charge < -0.3 is 5.73 Å². The maximum absolute atomic E-state index is 12.5. The molecule has 1 atom stereocenters. The highest BCUT2D eigenvalue weighted by molar-refractivity contribution is 7.91. The summed E-state index contributed by atoms with van der Waals surface area (Å²) in [7, 11) is -2.36. The number of likely N-dealkylation sites (N-methyl/N-ethyl adjacent to an activating group) is 1. The van der Waals surface area contributed by atoms with Crippen LogP contribution in [0.3, 0.4) is 0 Å². The maximum Gasteiger partial charge on any atom is 0.300 e. The number of rotatable bonds is 6. The molecule has 1 aromatic rings. The Balaban J connectivity index is 2.34. The molecule has 1 fully saturated rings. The first-order valence-electron chi connectivity index (χ1n) is 5.91. The number of nitrogens with two attached hydrogens (primary N) is 1. The molecule has 1 aliphatic carbocycles. The van der Waals surface area contributed by atoms with Gasteiger partial charge in [-0.05, 0) is 18.8 Å². The lowest BCUT2D eigenvalue weighted by molar-refractivity contribution is -0.384. The van der Waals surface area contributed by atoms with E-state index in [1.165, 1.54) is 11.4 Å². The summed E-state index contributed by atoms with van der Waals surface area (Å²) < 4.78 is 25.8. The highest BCUT2D eigenvalue weighted by Gasteiger charge is 2.39. The Morgan fingerprint density at radius 1 is 1.65 bits per heavy atom. The van der Waals surface area contributed by atoms with Crippen molar-refractivity contribution >= 4 is 38.6 Å². The molecule has 1 saturated carbocycles. The third-order valence-electron chi connectivity index (χ3n) is 3.35. The van der Waals surface area contributed by atoms with Gasteiger partial charge in [0.15, 0.2) is 4.34 Å². The molecule has 10 heteroatoms. The molecule has 2 N–H and O–H groups in total. The van der Waals surface area contributed by atoms with Crippen LogP contribution >= 0.6 is 22.9 Å². The van der Waals surface area contributed by atoms with Crippen molar-refractivity contribution in [1.29, 1.82) is 0 Å². The largest absolute Gasteiger partial charge is 0.329 e. The zero-order valence-corrected chi connectivity index (χ0v) is 13.0. The molecule has 7 nitrogen and oxygen atoms in total. The van der Waals surface area contributed by atoms with E-state index in [4.69, 9.17) is 17.3 Å². The minimum absolute atomic E-state index is 0.129. The monoisotopic (exact) mass is 339 g/mol. The van der Waals surface area contributed by atoms with Gasteiger partial charge in [-0.2, -0.15) is 4.31 Å². The molecule has 0 aromatic carbocycles. The summed E-state index contributed by atoms with van der Waals surface area (Å²) >= 11 is 6.40. The van der Waals surface area contributed by atoms with Crippen LogP contribution in [0.2, 0.25) is 4.34 Å². The van der Waals surface area contributed by atoms with Gasteiger partial charge in [-0.3, -0.25) is 10.1 Å². The molecule has 112 valence electrons. The van der Waals surface area contributed by atoms with E-state index in [2.05, 4.69) is 0 Å². The average molecular weight is 340 g/mol. The summed E-state index contributed by atoms with van der Waals surface area (Å²) in [4.78, 5) is 10.0. The van der Waals surface area contributed by atoms with Crippen molar-refractivity contribution in [1.82, 2.24) is 4.31 Å². The zero-order chi connectivity index (χ0) is 15.1. The number of nitrogens with zero attached hydrogens (tertiary/aromatic N) is 2.